The van der Waals surface area contributed by atoms with Crippen LogP contribution in [0.2, 0.25) is 0 Å². The number of carbonyl (C=O) groups excluding carboxylic acids is 1. The number of aromatic amines is 1. The van der Waals surface area contributed by atoms with Crippen LogP contribution in [0.15, 0.2) is 21.9 Å². The summed E-state index contributed by atoms with van der Waals surface area (Å²) >= 11 is 0. The fraction of sp³-hybridized carbons (Fsp3) is 0.667. The maximum atomic E-state index is 12.1. The third-order valence-electron chi connectivity index (χ3n) is 4.41. The molecule has 0 saturated carbocycles. The van der Waals surface area contributed by atoms with E-state index in [1.807, 2.05) is 0 Å². The zero-order valence-corrected chi connectivity index (χ0v) is 13.6. The van der Waals surface area contributed by atoms with Gasteiger partial charge in [0, 0.05) is 37.4 Å². The molecule has 2 rings (SSSR count). The Kier molecular flexibility index (Phi) is 5.73. The molecule has 1 aliphatic heterocycles. The lowest BCUT2D eigenvalue weighted by Gasteiger charge is -2.43. The van der Waals surface area contributed by atoms with E-state index in [9.17, 15) is 14.4 Å². The van der Waals surface area contributed by atoms with Crippen molar-refractivity contribution < 1.29 is 9.53 Å². The van der Waals surface area contributed by atoms with Gasteiger partial charge in [-0.15, -0.1) is 0 Å². The van der Waals surface area contributed by atoms with Crippen LogP contribution in [-0.4, -0.2) is 58.7 Å². The van der Waals surface area contributed by atoms with Crippen molar-refractivity contribution in [2.45, 2.75) is 32.4 Å². The van der Waals surface area contributed by atoms with Crippen molar-refractivity contribution in [3.63, 3.8) is 0 Å². The van der Waals surface area contributed by atoms with E-state index in [-0.39, 0.29) is 18.0 Å². The summed E-state index contributed by atoms with van der Waals surface area (Å²) in [5.74, 6) is -0.257. The average Bonchev–Trinajstić information content (AvgIpc) is 2.56. The molecule has 1 amide bonds. The van der Waals surface area contributed by atoms with Crippen molar-refractivity contribution in [3.8, 4) is 0 Å². The smallest absolute Gasteiger partial charge is 0.328 e. The summed E-state index contributed by atoms with van der Waals surface area (Å²) in [6.45, 7) is 7.70. The van der Waals surface area contributed by atoms with Crippen LogP contribution in [-0.2, 0) is 16.1 Å². The van der Waals surface area contributed by atoms with Gasteiger partial charge in [-0.1, -0.05) is 6.92 Å². The van der Waals surface area contributed by atoms with Crippen LogP contribution in [0.25, 0.3) is 0 Å². The average molecular weight is 324 g/mol. The largest absolute Gasteiger partial charge is 0.379 e. The van der Waals surface area contributed by atoms with Crippen molar-refractivity contribution in [3.05, 3.63) is 33.1 Å². The SMILES string of the molecule is CC[C@@](C)(CNC(=O)Cn1ccc(=O)[nH]c1=O)N1CCOCC1. The van der Waals surface area contributed by atoms with Crippen LogP contribution in [0.4, 0.5) is 0 Å². The minimum absolute atomic E-state index is 0.113. The molecule has 1 aromatic heterocycles. The molecule has 8 nitrogen and oxygen atoms in total. The topological polar surface area (TPSA) is 96.4 Å². The van der Waals surface area contributed by atoms with Crippen molar-refractivity contribution >= 4 is 5.91 Å². The lowest BCUT2D eigenvalue weighted by molar-refractivity contribution is -0.122. The van der Waals surface area contributed by atoms with E-state index in [4.69, 9.17) is 4.74 Å². The van der Waals surface area contributed by atoms with E-state index in [2.05, 4.69) is 29.0 Å². The number of nitrogens with zero attached hydrogens (tertiary/aromatic N) is 2. The lowest BCUT2D eigenvalue weighted by atomic mass is 9.95. The lowest BCUT2D eigenvalue weighted by Crippen LogP contribution is -2.57. The molecule has 8 heteroatoms. The third-order valence-corrected chi connectivity index (χ3v) is 4.41. The fourth-order valence-corrected chi connectivity index (χ4v) is 2.63. The molecule has 2 heterocycles. The second-order valence-corrected chi connectivity index (χ2v) is 5.96. The highest BCUT2D eigenvalue weighted by molar-refractivity contribution is 5.75. The molecule has 2 N–H and O–H groups in total. The molecular weight excluding hydrogens is 300 g/mol. The summed E-state index contributed by atoms with van der Waals surface area (Å²) in [7, 11) is 0. The van der Waals surface area contributed by atoms with Gasteiger partial charge >= 0.3 is 5.69 Å². The van der Waals surface area contributed by atoms with E-state index >= 15 is 0 Å². The van der Waals surface area contributed by atoms with Gasteiger partial charge in [-0.3, -0.25) is 24.0 Å². The Labute approximate surface area is 134 Å². The van der Waals surface area contributed by atoms with E-state index in [1.165, 1.54) is 16.8 Å². The van der Waals surface area contributed by atoms with Crippen molar-refractivity contribution in [2.24, 2.45) is 0 Å². The Morgan fingerprint density at radius 3 is 2.70 bits per heavy atom. The highest BCUT2D eigenvalue weighted by Crippen LogP contribution is 2.19. The van der Waals surface area contributed by atoms with Gasteiger partial charge in [-0.2, -0.15) is 0 Å². The summed E-state index contributed by atoms with van der Waals surface area (Å²) in [6, 6.07) is 1.22. The number of hydrogen-bond acceptors (Lipinski definition) is 5. The number of aromatic nitrogens is 2. The van der Waals surface area contributed by atoms with Gasteiger partial charge in [-0.05, 0) is 13.3 Å². The van der Waals surface area contributed by atoms with Crippen LogP contribution in [0.5, 0.6) is 0 Å². The van der Waals surface area contributed by atoms with Crippen LogP contribution < -0.4 is 16.6 Å². The Morgan fingerprint density at radius 1 is 1.39 bits per heavy atom. The number of hydrogen-bond donors (Lipinski definition) is 2. The number of H-pyrrole nitrogens is 1. The fourth-order valence-electron chi connectivity index (χ4n) is 2.63. The molecule has 1 aliphatic rings. The summed E-state index contributed by atoms with van der Waals surface area (Å²) in [5, 5.41) is 2.89. The predicted octanol–water partition coefficient (Wildman–Crippen LogP) is -0.846. The number of nitrogens with one attached hydrogen (secondary N) is 2. The normalized spacial score (nSPS) is 18.3. The van der Waals surface area contributed by atoms with Gasteiger partial charge in [0.05, 0.1) is 13.2 Å². The monoisotopic (exact) mass is 324 g/mol. The Morgan fingerprint density at radius 2 is 2.09 bits per heavy atom. The molecule has 0 spiro atoms. The Balaban J connectivity index is 1.93. The maximum absolute atomic E-state index is 12.1. The number of amides is 1. The summed E-state index contributed by atoms with van der Waals surface area (Å²) < 4.78 is 6.55. The van der Waals surface area contributed by atoms with Gasteiger partial charge < -0.3 is 10.1 Å². The second kappa shape index (κ2) is 7.56. The first-order valence-electron chi connectivity index (χ1n) is 7.84. The zero-order chi connectivity index (χ0) is 16.9. The van der Waals surface area contributed by atoms with Crippen LogP contribution in [0.3, 0.4) is 0 Å². The molecule has 128 valence electrons. The number of carbonyl (C=O) groups is 1. The quantitative estimate of drug-likeness (QED) is 0.711. The summed E-state index contributed by atoms with van der Waals surface area (Å²) in [4.78, 5) is 39.1. The molecular formula is C15H24N4O4. The third kappa shape index (κ3) is 4.52. The van der Waals surface area contributed by atoms with Gasteiger partial charge in [0.2, 0.25) is 5.91 Å². The first-order chi connectivity index (χ1) is 10.9. The van der Waals surface area contributed by atoms with Gasteiger partial charge in [0.25, 0.3) is 5.56 Å². The summed E-state index contributed by atoms with van der Waals surface area (Å²) in [5.41, 5.74) is -1.20. The number of morpholine rings is 1. The molecule has 1 atom stereocenters. The van der Waals surface area contributed by atoms with E-state index in [0.717, 1.165) is 19.5 Å². The molecule has 0 aromatic carbocycles. The zero-order valence-electron chi connectivity index (χ0n) is 13.6. The molecule has 0 aliphatic carbocycles. The van der Waals surface area contributed by atoms with Gasteiger partial charge in [0.15, 0.2) is 0 Å². The highest BCUT2D eigenvalue weighted by atomic mass is 16.5. The van der Waals surface area contributed by atoms with Crippen molar-refractivity contribution in [1.29, 1.82) is 0 Å². The highest BCUT2D eigenvalue weighted by Gasteiger charge is 2.31. The molecule has 1 fully saturated rings. The van der Waals surface area contributed by atoms with E-state index in [1.54, 1.807) is 0 Å². The number of ether oxygens (including phenoxy) is 1. The van der Waals surface area contributed by atoms with E-state index < -0.39 is 11.2 Å². The number of rotatable bonds is 6. The molecule has 1 aromatic rings. The van der Waals surface area contributed by atoms with Crippen LogP contribution >= 0.6 is 0 Å². The molecule has 23 heavy (non-hydrogen) atoms. The van der Waals surface area contributed by atoms with Crippen LogP contribution in [0.1, 0.15) is 20.3 Å². The van der Waals surface area contributed by atoms with Gasteiger partial charge in [0.1, 0.15) is 6.54 Å². The molecule has 1 saturated heterocycles. The standard InChI is InChI=1S/C15H24N4O4/c1-3-15(2,19-6-8-23-9-7-19)11-16-13(21)10-18-5-4-12(20)17-14(18)22/h4-5H,3,6-11H2,1-2H3,(H,16,21)(H,17,20,22)/t15-/m0/s1. The predicted molar refractivity (Wildman–Crippen MR) is 85.4 cm³/mol. The summed E-state index contributed by atoms with van der Waals surface area (Å²) in [6.07, 6.45) is 2.22. The van der Waals surface area contributed by atoms with E-state index in [0.29, 0.717) is 19.8 Å². The first kappa shape index (κ1) is 17.4. The Hall–Kier alpha value is -1.93. The molecule has 0 bridgehead atoms. The first-order valence-corrected chi connectivity index (χ1v) is 7.84. The molecule has 0 unspecified atom stereocenters. The minimum atomic E-state index is -0.584. The van der Waals surface area contributed by atoms with Crippen LogP contribution in [0, 0.1) is 0 Å². The van der Waals surface area contributed by atoms with Crippen molar-refractivity contribution in [1.82, 2.24) is 19.8 Å². The second-order valence-electron chi connectivity index (χ2n) is 5.96. The molecule has 0 radical (unpaired) electrons. The maximum Gasteiger partial charge on any atom is 0.328 e. The van der Waals surface area contributed by atoms with Gasteiger partial charge in [-0.25, -0.2) is 4.79 Å². The Bertz CT molecular complexity index is 647. The van der Waals surface area contributed by atoms with Crippen molar-refractivity contribution in [2.75, 3.05) is 32.8 Å². The minimum Gasteiger partial charge on any atom is -0.379 e.